The van der Waals surface area contributed by atoms with Crippen molar-refractivity contribution in [1.82, 2.24) is 15.5 Å². The molecular weight excluding hydrogens is 258 g/mol. The SMILES string of the molecule is CC(CCO)CNC(=O)c1ccc(-c2nnco2)cc1. The molecule has 2 rings (SSSR count). The van der Waals surface area contributed by atoms with E-state index in [0.717, 1.165) is 5.56 Å². The molecule has 0 aliphatic carbocycles. The van der Waals surface area contributed by atoms with Gasteiger partial charge in [0.15, 0.2) is 0 Å². The molecule has 106 valence electrons. The maximum absolute atomic E-state index is 11.9. The zero-order chi connectivity index (χ0) is 14.4. The van der Waals surface area contributed by atoms with Crippen LogP contribution in [0.3, 0.4) is 0 Å². The van der Waals surface area contributed by atoms with E-state index in [1.165, 1.54) is 6.39 Å². The van der Waals surface area contributed by atoms with Crippen molar-refractivity contribution in [2.45, 2.75) is 13.3 Å². The maximum atomic E-state index is 11.9. The molecule has 6 heteroatoms. The zero-order valence-electron chi connectivity index (χ0n) is 11.2. The third-order valence-electron chi connectivity index (χ3n) is 2.99. The summed E-state index contributed by atoms with van der Waals surface area (Å²) in [7, 11) is 0. The first-order chi connectivity index (χ1) is 9.70. The number of aromatic nitrogens is 2. The number of nitrogens with one attached hydrogen (secondary N) is 1. The fourth-order valence-electron chi connectivity index (χ4n) is 1.75. The second-order valence-corrected chi connectivity index (χ2v) is 4.65. The first-order valence-corrected chi connectivity index (χ1v) is 6.46. The summed E-state index contributed by atoms with van der Waals surface area (Å²) in [6.45, 7) is 2.66. The van der Waals surface area contributed by atoms with E-state index in [9.17, 15) is 4.79 Å². The quantitative estimate of drug-likeness (QED) is 0.833. The van der Waals surface area contributed by atoms with Crippen LogP contribution in [0.15, 0.2) is 35.1 Å². The van der Waals surface area contributed by atoms with Crippen molar-refractivity contribution in [3.8, 4) is 11.5 Å². The fourth-order valence-corrected chi connectivity index (χ4v) is 1.75. The number of carbonyl (C=O) groups is 1. The smallest absolute Gasteiger partial charge is 0.251 e. The lowest BCUT2D eigenvalue weighted by Crippen LogP contribution is -2.28. The molecule has 6 nitrogen and oxygen atoms in total. The average Bonchev–Trinajstić information content (AvgIpc) is 2.99. The monoisotopic (exact) mass is 275 g/mol. The number of rotatable bonds is 6. The van der Waals surface area contributed by atoms with Crippen LogP contribution in [0.25, 0.3) is 11.5 Å². The number of amides is 1. The maximum Gasteiger partial charge on any atom is 0.251 e. The van der Waals surface area contributed by atoms with Crippen LogP contribution in [0.4, 0.5) is 0 Å². The molecule has 1 aromatic carbocycles. The summed E-state index contributed by atoms with van der Waals surface area (Å²) in [5.41, 5.74) is 1.34. The summed E-state index contributed by atoms with van der Waals surface area (Å²) in [5, 5.41) is 19.0. The Morgan fingerprint density at radius 2 is 2.15 bits per heavy atom. The third-order valence-corrected chi connectivity index (χ3v) is 2.99. The molecule has 0 radical (unpaired) electrons. The lowest BCUT2D eigenvalue weighted by atomic mass is 10.1. The summed E-state index contributed by atoms with van der Waals surface area (Å²) < 4.78 is 5.08. The lowest BCUT2D eigenvalue weighted by molar-refractivity contribution is 0.0945. The van der Waals surface area contributed by atoms with Crippen molar-refractivity contribution in [2.24, 2.45) is 5.92 Å². The van der Waals surface area contributed by atoms with Gasteiger partial charge in [-0.2, -0.15) is 0 Å². The van der Waals surface area contributed by atoms with Gasteiger partial charge in [0.25, 0.3) is 5.91 Å². The number of nitrogens with zero attached hydrogens (tertiary/aromatic N) is 2. The van der Waals surface area contributed by atoms with Crippen molar-refractivity contribution < 1.29 is 14.3 Å². The van der Waals surface area contributed by atoms with E-state index in [1.54, 1.807) is 24.3 Å². The standard InChI is InChI=1S/C14H17N3O3/c1-10(6-7-18)8-15-13(19)11-2-4-12(5-3-11)14-17-16-9-20-14/h2-5,9-10,18H,6-8H2,1H3,(H,15,19). The molecule has 1 unspecified atom stereocenters. The van der Waals surface area contributed by atoms with Gasteiger partial charge >= 0.3 is 0 Å². The van der Waals surface area contributed by atoms with Gasteiger partial charge in [-0.25, -0.2) is 0 Å². The molecule has 0 aliphatic heterocycles. The van der Waals surface area contributed by atoms with Crippen LogP contribution in [0.2, 0.25) is 0 Å². The van der Waals surface area contributed by atoms with E-state index < -0.39 is 0 Å². The minimum absolute atomic E-state index is 0.133. The molecule has 2 N–H and O–H groups in total. The summed E-state index contributed by atoms with van der Waals surface area (Å²) in [6.07, 6.45) is 1.94. The molecule has 1 amide bonds. The van der Waals surface area contributed by atoms with Gasteiger partial charge < -0.3 is 14.8 Å². The van der Waals surface area contributed by atoms with Crippen molar-refractivity contribution in [1.29, 1.82) is 0 Å². The Hall–Kier alpha value is -2.21. The molecule has 1 aromatic heterocycles. The molecule has 1 heterocycles. The molecule has 0 spiro atoms. The Bertz CT molecular complexity index is 537. The first-order valence-electron chi connectivity index (χ1n) is 6.46. The lowest BCUT2D eigenvalue weighted by Gasteiger charge is -2.11. The van der Waals surface area contributed by atoms with E-state index in [0.29, 0.717) is 24.4 Å². The first kappa shape index (κ1) is 14.2. The molecular formula is C14H17N3O3. The minimum atomic E-state index is -0.133. The fraction of sp³-hybridized carbons (Fsp3) is 0.357. The van der Waals surface area contributed by atoms with Crippen molar-refractivity contribution in [3.63, 3.8) is 0 Å². The van der Waals surface area contributed by atoms with Crippen LogP contribution in [-0.4, -0.2) is 34.4 Å². The van der Waals surface area contributed by atoms with Gasteiger partial charge in [0.05, 0.1) is 0 Å². The van der Waals surface area contributed by atoms with Gasteiger partial charge in [-0.3, -0.25) is 4.79 Å². The van der Waals surface area contributed by atoms with Crippen molar-refractivity contribution in [2.75, 3.05) is 13.2 Å². The molecule has 0 fully saturated rings. The van der Waals surface area contributed by atoms with E-state index in [4.69, 9.17) is 9.52 Å². The van der Waals surface area contributed by atoms with Crippen LogP contribution in [-0.2, 0) is 0 Å². The number of aliphatic hydroxyl groups is 1. The van der Waals surface area contributed by atoms with Crippen LogP contribution >= 0.6 is 0 Å². The van der Waals surface area contributed by atoms with Gasteiger partial charge in [0, 0.05) is 24.3 Å². The van der Waals surface area contributed by atoms with E-state index in [1.807, 2.05) is 6.92 Å². The zero-order valence-corrected chi connectivity index (χ0v) is 11.2. The van der Waals surface area contributed by atoms with Crippen LogP contribution < -0.4 is 5.32 Å². The second-order valence-electron chi connectivity index (χ2n) is 4.65. The highest BCUT2D eigenvalue weighted by Gasteiger charge is 2.09. The number of hydrogen-bond donors (Lipinski definition) is 2. The molecule has 2 aromatic rings. The predicted molar refractivity (Wildman–Crippen MR) is 72.9 cm³/mol. The Balaban J connectivity index is 1.94. The molecule has 20 heavy (non-hydrogen) atoms. The highest BCUT2D eigenvalue weighted by atomic mass is 16.4. The van der Waals surface area contributed by atoms with Crippen molar-refractivity contribution in [3.05, 3.63) is 36.2 Å². The Morgan fingerprint density at radius 3 is 2.75 bits per heavy atom. The summed E-state index contributed by atoms with van der Waals surface area (Å²) in [4.78, 5) is 11.9. The van der Waals surface area contributed by atoms with E-state index in [2.05, 4.69) is 15.5 Å². The highest BCUT2D eigenvalue weighted by molar-refractivity contribution is 5.94. The van der Waals surface area contributed by atoms with Gasteiger partial charge in [0.2, 0.25) is 12.3 Å². The van der Waals surface area contributed by atoms with E-state index in [-0.39, 0.29) is 18.4 Å². The molecule has 0 aliphatic rings. The number of aliphatic hydroxyl groups excluding tert-OH is 1. The van der Waals surface area contributed by atoms with Gasteiger partial charge in [-0.05, 0) is 36.6 Å². The van der Waals surface area contributed by atoms with Crippen molar-refractivity contribution >= 4 is 5.91 Å². The molecule has 0 bridgehead atoms. The Labute approximate surface area is 116 Å². The summed E-state index contributed by atoms with van der Waals surface area (Å²) in [6, 6.07) is 6.95. The predicted octanol–water partition coefficient (Wildman–Crippen LogP) is 1.48. The molecule has 0 saturated carbocycles. The Morgan fingerprint density at radius 1 is 1.40 bits per heavy atom. The molecule has 0 saturated heterocycles. The normalized spacial score (nSPS) is 12.1. The average molecular weight is 275 g/mol. The van der Waals surface area contributed by atoms with Crippen LogP contribution in [0.1, 0.15) is 23.7 Å². The third kappa shape index (κ3) is 3.64. The van der Waals surface area contributed by atoms with Crippen LogP contribution in [0, 0.1) is 5.92 Å². The van der Waals surface area contributed by atoms with Gasteiger partial charge in [0.1, 0.15) is 0 Å². The van der Waals surface area contributed by atoms with E-state index >= 15 is 0 Å². The highest BCUT2D eigenvalue weighted by Crippen LogP contribution is 2.16. The second kappa shape index (κ2) is 6.81. The number of hydrogen-bond acceptors (Lipinski definition) is 5. The van der Waals surface area contributed by atoms with Gasteiger partial charge in [-0.1, -0.05) is 6.92 Å². The number of benzene rings is 1. The van der Waals surface area contributed by atoms with Gasteiger partial charge in [-0.15, -0.1) is 10.2 Å². The summed E-state index contributed by atoms with van der Waals surface area (Å²) in [5.74, 6) is 0.544. The summed E-state index contributed by atoms with van der Waals surface area (Å²) >= 11 is 0. The topological polar surface area (TPSA) is 88.2 Å². The Kier molecular flexibility index (Phi) is 4.84. The van der Waals surface area contributed by atoms with Crippen LogP contribution in [0.5, 0.6) is 0 Å². The number of carbonyl (C=O) groups excluding carboxylic acids is 1. The molecule has 1 atom stereocenters. The largest absolute Gasteiger partial charge is 0.423 e. The minimum Gasteiger partial charge on any atom is -0.423 e.